The summed E-state index contributed by atoms with van der Waals surface area (Å²) in [5, 5.41) is 3.04. The van der Waals surface area contributed by atoms with E-state index in [1.54, 1.807) is 12.2 Å². The van der Waals surface area contributed by atoms with Crippen LogP contribution in [0, 0.1) is 0 Å². The predicted molar refractivity (Wildman–Crippen MR) is 94.8 cm³/mol. The number of benzene rings is 1. The lowest BCUT2D eigenvalue weighted by molar-refractivity contribution is -0.116. The third-order valence-electron chi connectivity index (χ3n) is 3.08. The lowest BCUT2D eigenvalue weighted by atomic mass is 10.1. The molecule has 1 amide bonds. The van der Waals surface area contributed by atoms with Crippen molar-refractivity contribution in [1.82, 2.24) is 9.36 Å². The Morgan fingerprint density at radius 2 is 2.21 bits per heavy atom. The molecule has 122 valence electrons. The van der Waals surface area contributed by atoms with Crippen molar-refractivity contribution >= 4 is 50.4 Å². The Morgan fingerprint density at radius 3 is 3.00 bits per heavy atom. The molecule has 0 radical (unpaired) electrons. The molecule has 8 heteroatoms. The van der Waals surface area contributed by atoms with Gasteiger partial charge in [0.2, 0.25) is 5.13 Å². The molecule has 0 fully saturated rings. The average molecular weight is 406 g/mol. The predicted octanol–water partition coefficient (Wildman–Crippen LogP) is 3.36. The number of ketones is 1. The lowest BCUT2D eigenvalue weighted by Crippen LogP contribution is -2.13. The fourth-order valence-corrected chi connectivity index (χ4v) is 3.01. The van der Waals surface area contributed by atoms with Crippen molar-refractivity contribution < 1.29 is 14.3 Å². The molecule has 1 aliphatic heterocycles. The van der Waals surface area contributed by atoms with Crippen LogP contribution in [0.5, 0.6) is 5.75 Å². The highest BCUT2D eigenvalue weighted by molar-refractivity contribution is 9.10. The van der Waals surface area contributed by atoms with Gasteiger partial charge in [-0.1, -0.05) is 15.9 Å². The molecule has 0 unspecified atom stereocenters. The number of carbonyl (C=O) groups excluding carboxylic acids is 2. The Kier molecular flexibility index (Phi) is 4.86. The molecule has 0 saturated heterocycles. The van der Waals surface area contributed by atoms with Gasteiger partial charge in [0, 0.05) is 27.1 Å². The van der Waals surface area contributed by atoms with Gasteiger partial charge in [0.25, 0.3) is 5.91 Å². The number of rotatable bonds is 4. The second kappa shape index (κ2) is 7.06. The summed E-state index contributed by atoms with van der Waals surface area (Å²) in [4.78, 5) is 27.6. The molecule has 3 rings (SSSR count). The smallest absolute Gasteiger partial charge is 0.257 e. The molecule has 0 bridgehead atoms. The summed E-state index contributed by atoms with van der Waals surface area (Å²) in [5.74, 6) is 0.718. The molecule has 0 atom stereocenters. The Labute approximate surface area is 150 Å². The van der Waals surface area contributed by atoms with E-state index in [9.17, 15) is 9.59 Å². The van der Waals surface area contributed by atoms with Crippen molar-refractivity contribution in [2.45, 2.75) is 13.3 Å². The van der Waals surface area contributed by atoms with Crippen LogP contribution in [-0.4, -0.2) is 21.0 Å². The highest BCUT2D eigenvalue weighted by atomic mass is 79.9. The van der Waals surface area contributed by atoms with E-state index in [0.29, 0.717) is 22.3 Å². The van der Waals surface area contributed by atoms with Gasteiger partial charge in [-0.25, -0.2) is 4.98 Å². The van der Waals surface area contributed by atoms with Crippen LogP contribution < -0.4 is 10.1 Å². The normalized spacial score (nSPS) is 12.7. The minimum Gasteiger partial charge on any atom is -0.464 e. The van der Waals surface area contributed by atoms with Gasteiger partial charge in [-0.05, 0) is 37.3 Å². The van der Waals surface area contributed by atoms with Gasteiger partial charge in [0.1, 0.15) is 11.5 Å². The Morgan fingerprint density at radius 1 is 1.38 bits per heavy atom. The first-order valence-corrected chi connectivity index (χ1v) is 8.56. The van der Waals surface area contributed by atoms with Crippen LogP contribution in [-0.2, 0) is 16.0 Å². The number of anilines is 1. The molecule has 1 aliphatic rings. The third kappa shape index (κ3) is 3.95. The number of carbonyl (C=O) groups is 2. The summed E-state index contributed by atoms with van der Waals surface area (Å²) in [6, 6.07) is 5.55. The van der Waals surface area contributed by atoms with Crippen LogP contribution in [0.15, 0.2) is 40.6 Å². The second-order valence-electron chi connectivity index (χ2n) is 5.05. The monoisotopic (exact) mass is 405 g/mol. The van der Waals surface area contributed by atoms with Crippen molar-refractivity contribution in [3.63, 3.8) is 0 Å². The number of hydrogen-bond donors (Lipinski definition) is 1. The number of ether oxygens (including phenoxy) is 1. The number of halogens is 1. The van der Waals surface area contributed by atoms with Crippen molar-refractivity contribution in [3.05, 3.63) is 52.0 Å². The topological polar surface area (TPSA) is 81.2 Å². The zero-order chi connectivity index (χ0) is 17.1. The summed E-state index contributed by atoms with van der Waals surface area (Å²) in [5.41, 5.74) is 1.21. The number of aromatic nitrogens is 2. The summed E-state index contributed by atoms with van der Waals surface area (Å²) in [6.07, 6.45) is 4.94. The van der Waals surface area contributed by atoms with Crippen LogP contribution in [0.2, 0.25) is 0 Å². The van der Waals surface area contributed by atoms with Crippen LogP contribution >= 0.6 is 27.5 Å². The van der Waals surface area contributed by atoms with Crippen molar-refractivity contribution in [2.24, 2.45) is 0 Å². The van der Waals surface area contributed by atoms with E-state index in [2.05, 4.69) is 30.6 Å². The molecule has 1 N–H and O–H groups in total. The first kappa shape index (κ1) is 16.5. The van der Waals surface area contributed by atoms with Crippen LogP contribution in [0.3, 0.4) is 0 Å². The maximum atomic E-state index is 12.4. The minimum atomic E-state index is -0.326. The molecule has 0 spiro atoms. The number of nitrogens with one attached hydrogen (secondary N) is 1. The van der Waals surface area contributed by atoms with Crippen molar-refractivity contribution in [2.75, 3.05) is 5.32 Å². The maximum absolute atomic E-state index is 12.4. The van der Waals surface area contributed by atoms with E-state index >= 15 is 0 Å². The number of Topliss-reactive ketones (excluding diaryl/α,β-unsaturated/α-hetero) is 1. The van der Waals surface area contributed by atoms with E-state index in [-0.39, 0.29) is 18.1 Å². The largest absolute Gasteiger partial charge is 0.464 e. The lowest BCUT2D eigenvalue weighted by Gasteiger charge is -2.04. The SMILES string of the molecule is CC(=O)Cc1nsc(NC(=O)C2=Cc3cc(Br)ccc3OC=C2)n1. The Balaban J connectivity index is 1.79. The number of amides is 1. The Bertz CT molecular complexity index is 873. The standard InChI is InChI=1S/C16H12BrN3O3S/c1-9(21)6-14-18-16(24-20-14)19-15(22)10-4-5-23-13-3-2-12(17)8-11(13)7-10/h2-5,7-8H,6H2,1H3,(H,18,19,20,22). The second-order valence-corrected chi connectivity index (χ2v) is 6.72. The van der Waals surface area contributed by atoms with Gasteiger partial charge in [0.15, 0.2) is 5.82 Å². The fraction of sp³-hybridized carbons (Fsp3) is 0.125. The fourth-order valence-electron chi connectivity index (χ4n) is 2.05. The molecule has 0 aliphatic carbocycles. The minimum absolute atomic E-state index is 0.0283. The molecule has 2 heterocycles. The number of fused-ring (bicyclic) bond motifs is 1. The van der Waals surface area contributed by atoms with Gasteiger partial charge in [-0.15, -0.1) is 0 Å². The van der Waals surface area contributed by atoms with E-state index < -0.39 is 0 Å². The molecular formula is C16H12BrN3O3S. The van der Waals surface area contributed by atoms with Gasteiger partial charge >= 0.3 is 0 Å². The maximum Gasteiger partial charge on any atom is 0.257 e. The summed E-state index contributed by atoms with van der Waals surface area (Å²) in [7, 11) is 0. The van der Waals surface area contributed by atoms with Crippen LogP contribution in [0.4, 0.5) is 5.13 Å². The molecule has 24 heavy (non-hydrogen) atoms. The Hall–Kier alpha value is -2.32. The van der Waals surface area contributed by atoms with Gasteiger partial charge in [-0.2, -0.15) is 4.37 Å². The third-order valence-corrected chi connectivity index (χ3v) is 4.24. The molecule has 1 aromatic heterocycles. The summed E-state index contributed by atoms with van der Waals surface area (Å²) < 4.78 is 10.4. The summed E-state index contributed by atoms with van der Waals surface area (Å²) >= 11 is 4.44. The first-order valence-electron chi connectivity index (χ1n) is 6.99. The van der Waals surface area contributed by atoms with Crippen LogP contribution in [0.1, 0.15) is 18.3 Å². The molecule has 2 aromatic rings. The molecule has 1 aromatic carbocycles. The summed E-state index contributed by atoms with van der Waals surface area (Å²) in [6.45, 7) is 1.47. The van der Waals surface area contributed by atoms with E-state index in [1.807, 2.05) is 18.2 Å². The van der Waals surface area contributed by atoms with Crippen LogP contribution in [0.25, 0.3) is 6.08 Å². The quantitative estimate of drug-likeness (QED) is 0.842. The number of nitrogens with zero attached hydrogens (tertiary/aromatic N) is 2. The first-order chi connectivity index (χ1) is 11.5. The van der Waals surface area contributed by atoms with E-state index in [1.165, 1.54) is 13.2 Å². The van der Waals surface area contributed by atoms with Crippen molar-refractivity contribution in [3.8, 4) is 5.75 Å². The van der Waals surface area contributed by atoms with Gasteiger partial charge in [0.05, 0.1) is 12.7 Å². The number of hydrogen-bond acceptors (Lipinski definition) is 6. The molecule has 0 saturated carbocycles. The van der Waals surface area contributed by atoms with Gasteiger partial charge < -0.3 is 4.74 Å². The zero-order valence-corrected chi connectivity index (χ0v) is 15.0. The van der Waals surface area contributed by atoms with E-state index in [0.717, 1.165) is 21.6 Å². The molecular weight excluding hydrogens is 394 g/mol. The highest BCUT2D eigenvalue weighted by Crippen LogP contribution is 2.28. The average Bonchev–Trinajstić information content (AvgIpc) is 2.82. The van der Waals surface area contributed by atoms with Crippen molar-refractivity contribution in [1.29, 1.82) is 0 Å². The zero-order valence-electron chi connectivity index (χ0n) is 12.6. The van der Waals surface area contributed by atoms with Gasteiger partial charge in [-0.3, -0.25) is 14.9 Å². The van der Waals surface area contributed by atoms with E-state index in [4.69, 9.17) is 4.74 Å². The molecule has 6 nitrogen and oxygen atoms in total. The highest BCUT2D eigenvalue weighted by Gasteiger charge is 2.15.